The molecule has 0 amide bonds. The lowest BCUT2D eigenvalue weighted by molar-refractivity contribution is -0.146. The van der Waals surface area contributed by atoms with E-state index < -0.39 is 29.8 Å². The van der Waals surface area contributed by atoms with Gasteiger partial charge in [0, 0.05) is 17.5 Å². The van der Waals surface area contributed by atoms with Gasteiger partial charge in [-0.1, -0.05) is 6.92 Å². The van der Waals surface area contributed by atoms with Crippen LogP contribution in [0.5, 0.6) is 0 Å². The highest BCUT2D eigenvalue weighted by atomic mass is 19.3. The van der Waals surface area contributed by atoms with Crippen LogP contribution < -0.4 is 0 Å². The maximum absolute atomic E-state index is 12.6. The molecule has 98 valence electrons. The normalized spacial score (nSPS) is 12.5. The second-order valence-corrected chi connectivity index (χ2v) is 3.71. The first kappa shape index (κ1) is 14.2. The van der Waals surface area contributed by atoms with E-state index in [4.69, 9.17) is 5.11 Å². The molecule has 0 spiro atoms. The summed E-state index contributed by atoms with van der Waals surface area (Å²) in [5.74, 6) is -1.95. The fourth-order valence-electron chi connectivity index (χ4n) is 1.47. The summed E-state index contributed by atoms with van der Waals surface area (Å²) in [6.07, 6.45) is -4.66. The third-order valence-corrected chi connectivity index (χ3v) is 2.42. The number of carboxylic acids is 1. The molecule has 4 nitrogen and oxygen atoms in total. The molecule has 0 bridgehead atoms. The van der Waals surface area contributed by atoms with Crippen molar-refractivity contribution in [1.82, 2.24) is 0 Å². The van der Waals surface area contributed by atoms with Crippen LogP contribution in [-0.4, -0.2) is 22.0 Å². The SMILES string of the molecule is CCC(=O)c1cc(C(F)F)cc(C(O)C(=O)O)c1. The van der Waals surface area contributed by atoms with Gasteiger partial charge in [0.25, 0.3) is 6.43 Å². The predicted octanol–water partition coefficient (Wildman–Crippen LogP) is 2.33. The minimum absolute atomic E-state index is 0.0226. The lowest BCUT2D eigenvalue weighted by atomic mass is 9.99. The molecule has 0 aliphatic heterocycles. The minimum atomic E-state index is -2.84. The monoisotopic (exact) mass is 258 g/mol. The number of hydrogen-bond acceptors (Lipinski definition) is 3. The van der Waals surface area contributed by atoms with E-state index in [-0.39, 0.29) is 17.5 Å². The Morgan fingerprint density at radius 2 is 1.78 bits per heavy atom. The Hall–Kier alpha value is -1.82. The van der Waals surface area contributed by atoms with Crippen molar-refractivity contribution < 1.29 is 28.6 Å². The molecule has 0 aromatic heterocycles. The van der Waals surface area contributed by atoms with E-state index in [1.807, 2.05) is 0 Å². The first-order valence-corrected chi connectivity index (χ1v) is 5.24. The van der Waals surface area contributed by atoms with Crippen molar-refractivity contribution in [3.05, 3.63) is 34.9 Å². The van der Waals surface area contributed by atoms with Gasteiger partial charge in [-0.15, -0.1) is 0 Å². The molecular weight excluding hydrogens is 246 g/mol. The highest BCUT2D eigenvalue weighted by Crippen LogP contribution is 2.25. The Morgan fingerprint density at radius 3 is 2.22 bits per heavy atom. The summed E-state index contributed by atoms with van der Waals surface area (Å²) in [6.45, 7) is 1.56. The fourth-order valence-corrected chi connectivity index (χ4v) is 1.47. The number of carbonyl (C=O) groups excluding carboxylic acids is 1. The number of aliphatic hydroxyl groups is 1. The van der Waals surface area contributed by atoms with Crippen LogP contribution >= 0.6 is 0 Å². The van der Waals surface area contributed by atoms with Crippen LogP contribution in [0.3, 0.4) is 0 Å². The third kappa shape index (κ3) is 3.10. The second-order valence-electron chi connectivity index (χ2n) is 3.71. The van der Waals surface area contributed by atoms with Crippen LogP contribution in [0.25, 0.3) is 0 Å². The standard InChI is InChI=1S/C12H12F2O4/c1-2-9(15)6-3-7(10(16)12(17)18)5-8(4-6)11(13)14/h3-5,10-11,16H,2H2,1H3,(H,17,18). The van der Waals surface area contributed by atoms with E-state index in [1.165, 1.54) is 0 Å². The number of aliphatic hydroxyl groups excluding tert-OH is 1. The number of alkyl halides is 2. The Balaban J connectivity index is 3.30. The number of hydrogen-bond donors (Lipinski definition) is 2. The molecule has 1 rings (SSSR count). The molecule has 0 saturated heterocycles. The Bertz CT molecular complexity index is 471. The van der Waals surface area contributed by atoms with E-state index in [1.54, 1.807) is 6.92 Å². The van der Waals surface area contributed by atoms with Crippen molar-refractivity contribution in [3.8, 4) is 0 Å². The molecule has 1 atom stereocenters. The van der Waals surface area contributed by atoms with Crippen LogP contribution in [0.15, 0.2) is 18.2 Å². The number of carboxylic acid groups (broad SMARTS) is 1. The van der Waals surface area contributed by atoms with Crippen molar-refractivity contribution in [2.45, 2.75) is 25.9 Å². The van der Waals surface area contributed by atoms with Crippen LogP contribution in [0.1, 0.15) is 47.4 Å². The van der Waals surface area contributed by atoms with Crippen molar-refractivity contribution in [2.75, 3.05) is 0 Å². The van der Waals surface area contributed by atoms with Gasteiger partial charge in [0.1, 0.15) is 0 Å². The Morgan fingerprint density at radius 1 is 1.22 bits per heavy atom. The average molecular weight is 258 g/mol. The van der Waals surface area contributed by atoms with Crippen molar-refractivity contribution in [2.24, 2.45) is 0 Å². The van der Waals surface area contributed by atoms with Crippen LogP contribution in [0.4, 0.5) is 8.78 Å². The lowest BCUT2D eigenvalue weighted by Crippen LogP contribution is -2.12. The second kappa shape index (κ2) is 5.68. The number of ketones is 1. The summed E-state index contributed by atoms with van der Waals surface area (Å²) in [5.41, 5.74) is -0.729. The van der Waals surface area contributed by atoms with Gasteiger partial charge in [0.2, 0.25) is 0 Å². The van der Waals surface area contributed by atoms with E-state index in [2.05, 4.69) is 0 Å². The smallest absolute Gasteiger partial charge is 0.337 e. The molecule has 18 heavy (non-hydrogen) atoms. The number of Topliss-reactive ketones (excluding diaryl/α,β-unsaturated/α-hetero) is 1. The van der Waals surface area contributed by atoms with Crippen LogP contribution in [0, 0.1) is 0 Å². The predicted molar refractivity (Wildman–Crippen MR) is 58.6 cm³/mol. The quantitative estimate of drug-likeness (QED) is 0.795. The zero-order chi connectivity index (χ0) is 13.9. The summed E-state index contributed by atoms with van der Waals surface area (Å²) in [5, 5.41) is 18.0. The fraction of sp³-hybridized carbons (Fsp3) is 0.333. The first-order chi connectivity index (χ1) is 8.36. The third-order valence-electron chi connectivity index (χ3n) is 2.42. The summed E-state index contributed by atoms with van der Waals surface area (Å²) in [7, 11) is 0. The summed E-state index contributed by atoms with van der Waals surface area (Å²) in [6, 6.07) is 3.01. The Kier molecular flexibility index (Phi) is 4.49. The van der Waals surface area contributed by atoms with Crippen LogP contribution in [0.2, 0.25) is 0 Å². The van der Waals surface area contributed by atoms with Gasteiger partial charge in [-0.2, -0.15) is 0 Å². The molecule has 0 radical (unpaired) electrons. The van der Waals surface area contributed by atoms with Crippen LogP contribution in [-0.2, 0) is 4.79 Å². The highest BCUT2D eigenvalue weighted by molar-refractivity contribution is 5.96. The molecule has 1 aromatic carbocycles. The molecule has 0 heterocycles. The zero-order valence-corrected chi connectivity index (χ0v) is 9.56. The van der Waals surface area contributed by atoms with Gasteiger partial charge in [-0.05, 0) is 23.8 Å². The molecule has 0 saturated carbocycles. The largest absolute Gasteiger partial charge is 0.479 e. The molecule has 0 aliphatic rings. The molecule has 0 fully saturated rings. The number of carbonyl (C=O) groups is 2. The molecule has 1 unspecified atom stereocenters. The topological polar surface area (TPSA) is 74.6 Å². The van der Waals surface area contributed by atoms with E-state index in [9.17, 15) is 23.5 Å². The number of benzene rings is 1. The van der Waals surface area contributed by atoms with Crippen molar-refractivity contribution >= 4 is 11.8 Å². The van der Waals surface area contributed by atoms with Gasteiger partial charge < -0.3 is 10.2 Å². The number of halogens is 2. The molecule has 2 N–H and O–H groups in total. The van der Waals surface area contributed by atoms with Gasteiger partial charge in [0.05, 0.1) is 0 Å². The maximum Gasteiger partial charge on any atom is 0.337 e. The first-order valence-electron chi connectivity index (χ1n) is 5.24. The summed E-state index contributed by atoms with van der Waals surface area (Å²) in [4.78, 5) is 22.1. The minimum Gasteiger partial charge on any atom is -0.479 e. The molecule has 0 aliphatic carbocycles. The summed E-state index contributed by atoms with van der Waals surface area (Å²) < 4.78 is 25.2. The average Bonchev–Trinajstić information content (AvgIpc) is 2.35. The summed E-state index contributed by atoms with van der Waals surface area (Å²) >= 11 is 0. The van der Waals surface area contributed by atoms with E-state index >= 15 is 0 Å². The lowest BCUT2D eigenvalue weighted by Gasteiger charge is -2.10. The van der Waals surface area contributed by atoms with E-state index in [0.717, 1.165) is 18.2 Å². The molecule has 1 aromatic rings. The highest BCUT2D eigenvalue weighted by Gasteiger charge is 2.20. The van der Waals surface area contributed by atoms with Crippen molar-refractivity contribution in [1.29, 1.82) is 0 Å². The maximum atomic E-state index is 12.6. The zero-order valence-electron chi connectivity index (χ0n) is 9.56. The van der Waals surface area contributed by atoms with Gasteiger partial charge in [-0.3, -0.25) is 4.79 Å². The molecular formula is C12H12F2O4. The number of aliphatic carboxylic acids is 1. The van der Waals surface area contributed by atoms with Gasteiger partial charge >= 0.3 is 5.97 Å². The van der Waals surface area contributed by atoms with E-state index in [0.29, 0.717) is 0 Å². The van der Waals surface area contributed by atoms with Gasteiger partial charge in [0.15, 0.2) is 11.9 Å². The number of rotatable bonds is 5. The Labute approximate surface area is 102 Å². The molecule has 6 heteroatoms. The van der Waals surface area contributed by atoms with Gasteiger partial charge in [-0.25, -0.2) is 13.6 Å². The van der Waals surface area contributed by atoms with Crippen molar-refractivity contribution in [3.63, 3.8) is 0 Å².